The zero-order valence-corrected chi connectivity index (χ0v) is 29.4. The number of benzene rings is 9. The van der Waals surface area contributed by atoms with E-state index in [2.05, 4.69) is 164 Å². The molecular formula is C51H33N3. The van der Waals surface area contributed by atoms with Gasteiger partial charge < -0.3 is 0 Å². The van der Waals surface area contributed by atoms with Gasteiger partial charge in [-0.25, -0.2) is 15.0 Å². The average Bonchev–Trinajstić information content (AvgIpc) is 3.26. The van der Waals surface area contributed by atoms with E-state index in [0.717, 1.165) is 27.6 Å². The van der Waals surface area contributed by atoms with Gasteiger partial charge in [0.1, 0.15) is 0 Å². The van der Waals surface area contributed by atoms with Gasteiger partial charge in [-0.15, -0.1) is 0 Å². The van der Waals surface area contributed by atoms with E-state index in [9.17, 15) is 0 Å². The lowest BCUT2D eigenvalue weighted by Crippen LogP contribution is -2.00. The average molecular weight is 688 g/mol. The maximum atomic E-state index is 5.12. The maximum absolute atomic E-state index is 5.12. The number of hydrogen-bond acceptors (Lipinski definition) is 3. The third-order valence-corrected chi connectivity index (χ3v) is 10.3. The van der Waals surface area contributed by atoms with Gasteiger partial charge in [-0.1, -0.05) is 170 Å². The lowest BCUT2D eigenvalue weighted by molar-refractivity contribution is 1.07. The van der Waals surface area contributed by atoms with Crippen LogP contribution in [0.3, 0.4) is 0 Å². The molecule has 0 bridgehead atoms. The van der Waals surface area contributed by atoms with E-state index in [1.54, 1.807) is 0 Å². The highest BCUT2D eigenvalue weighted by Gasteiger charge is 2.15. The zero-order chi connectivity index (χ0) is 35.8. The van der Waals surface area contributed by atoms with Crippen LogP contribution in [0.2, 0.25) is 0 Å². The van der Waals surface area contributed by atoms with Gasteiger partial charge in [0.15, 0.2) is 17.5 Å². The molecule has 9 aromatic carbocycles. The fourth-order valence-corrected chi connectivity index (χ4v) is 7.44. The number of aromatic nitrogens is 3. The Kier molecular flexibility index (Phi) is 7.81. The van der Waals surface area contributed by atoms with Crippen molar-refractivity contribution in [1.29, 1.82) is 0 Å². The lowest BCUT2D eigenvalue weighted by Gasteiger charge is -2.12. The van der Waals surface area contributed by atoms with Gasteiger partial charge in [0.2, 0.25) is 0 Å². The van der Waals surface area contributed by atoms with Gasteiger partial charge in [-0.05, 0) is 96.0 Å². The largest absolute Gasteiger partial charge is 0.208 e. The Morgan fingerprint density at radius 2 is 0.648 bits per heavy atom. The summed E-state index contributed by atoms with van der Waals surface area (Å²) in [6.07, 6.45) is 0. The predicted molar refractivity (Wildman–Crippen MR) is 225 cm³/mol. The van der Waals surface area contributed by atoms with Crippen LogP contribution >= 0.6 is 0 Å². The standard InChI is InChI=1S/C51H33N3/c1-3-11-34(12-4-1)39-25-26-42-31-46(28-27-40(42)30-39)51-53-49(37-14-5-2-6-15-37)52-50(54-51)45-19-9-18-44(32-45)47-20-10-17-36-22-24-43(33-48(36)47)41-23-21-35-13-7-8-16-38(35)29-41/h1-33H. The monoisotopic (exact) mass is 687 g/mol. The van der Waals surface area contributed by atoms with Crippen LogP contribution < -0.4 is 0 Å². The molecule has 0 spiro atoms. The predicted octanol–water partition coefficient (Wildman–Crippen LogP) is 13.3. The quantitative estimate of drug-likeness (QED) is 0.175. The Morgan fingerprint density at radius 3 is 1.37 bits per heavy atom. The second-order valence-electron chi connectivity index (χ2n) is 13.7. The normalized spacial score (nSPS) is 11.3. The molecule has 0 saturated heterocycles. The molecule has 1 heterocycles. The summed E-state index contributed by atoms with van der Waals surface area (Å²) in [6, 6.07) is 70.8. The van der Waals surface area contributed by atoms with Crippen LogP contribution in [0.4, 0.5) is 0 Å². The third-order valence-electron chi connectivity index (χ3n) is 10.3. The molecule has 0 atom stereocenters. The van der Waals surface area contributed by atoms with Crippen LogP contribution in [-0.4, -0.2) is 15.0 Å². The summed E-state index contributed by atoms with van der Waals surface area (Å²) >= 11 is 0. The Labute approximate surface area is 313 Å². The molecule has 3 heteroatoms. The van der Waals surface area contributed by atoms with Crippen molar-refractivity contribution in [1.82, 2.24) is 15.0 Å². The Bertz CT molecular complexity index is 2990. The maximum Gasteiger partial charge on any atom is 0.164 e. The van der Waals surface area contributed by atoms with Crippen LogP contribution in [-0.2, 0) is 0 Å². The van der Waals surface area contributed by atoms with Gasteiger partial charge in [-0.2, -0.15) is 0 Å². The zero-order valence-electron chi connectivity index (χ0n) is 29.4. The third kappa shape index (κ3) is 5.98. The SMILES string of the molecule is c1ccc(-c2ccc3cc(-c4nc(-c5ccccc5)nc(-c5cccc(-c6cccc7ccc(-c8ccc9ccccc9c8)cc67)c5)n4)ccc3c2)cc1. The molecule has 252 valence electrons. The summed E-state index contributed by atoms with van der Waals surface area (Å²) in [7, 11) is 0. The second kappa shape index (κ2) is 13.4. The minimum absolute atomic E-state index is 0.636. The first kappa shape index (κ1) is 31.5. The first-order chi connectivity index (χ1) is 26.7. The smallest absolute Gasteiger partial charge is 0.164 e. The summed E-state index contributed by atoms with van der Waals surface area (Å²) < 4.78 is 0. The molecular weight excluding hydrogens is 655 g/mol. The van der Waals surface area contributed by atoms with E-state index < -0.39 is 0 Å². The molecule has 54 heavy (non-hydrogen) atoms. The van der Waals surface area contributed by atoms with Gasteiger partial charge in [0.25, 0.3) is 0 Å². The number of rotatable bonds is 6. The van der Waals surface area contributed by atoms with Crippen LogP contribution in [0.1, 0.15) is 0 Å². The topological polar surface area (TPSA) is 38.7 Å². The molecule has 0 fully saturated rings. The van der Waals surface area contributed by atoms with Gasteiger partial charge >= 0.3 is 0 Å². The van der Waals surface area contributed by atoms with E-state index >= 15 is 0 Å². The summed E-state index contributed by atoms with van der Waals surface area (Å²) in [5.74, 6) is 1.92. The molecule has 0 unspecified atom stereocenters. The molecule has 10 rings (SSSR count). The lowest BCUT2D eigenvalue weighted by atomic mass is 9.93. The van der Waals surface area contributed by atoms with E-state index in [1.807, 2.05) is 36.4 Å². The minimum atomic E-state index is 0.636. The molecule has 0 saturated carbocycles. The summed E-state index contributed by atoms with van der Waals surface area (Å²) in [4.78, 5) is 15.2. The highest BCUT2D eigenvalue weighted by Crippen LogP contribution is 2.36. The number of hydrogen-bond donors (Lipinski definition) is 0. The van der Waals surface area contributed by atoms with Crippen molar-refractivity contribution in [2.45, 2.75) is 0 Å². The van der Waals surface area contributed by atoms with Crippen LogP contribution in [0.5, 0.6) is 0 Å². The summed E-state index contributed by atoms with van der Waals surface area (Å²) in [6.45, 7) is 0. The van der Waals surface area contributed by atoms with Crippen LogP contribution in [0.25, 0.3) is 99.9 Å². The number of nitrogens with zero attached hydrogens (tertiary/aromatic N) is 3. The fraction of sp³-hybridized carbons (Fsp3) is 0. The minimum Gasteiger partial charge on any atom is -0.208 e. The van der Waals surface area contributed by atoms with Gasteiger partial charge in [0, 0.05) is 16.7 Å². The van der Waals surface area contributed by atoms with Crippen molar-refractivity contribution in [3.63, 3.8) is 0 Å². The van der Waals surface area contributed by atoms with Crippen LogP contribution in [0, 0.1) is 0 Å². The Balaban J connectivity index is 1.06. The Morgan fingerprint density at radius 1 is 0.222 bits per heavy atom. The van der Waals surface area contributed by atoms with Gasteiger partial charge in [-0.3, -0.25) is 0 Å². The molecule has 1 aromatic heterocycles. The van der Waals surface area contributed by atoms with Crippen molar-refractivity contribution in [3.05, 3.63) is 200 Å². The fourth-order valence-electron chi connectivity index (χ4n) is 7.44. The molecule has 0 aliphatic heterocycles. The number of fused-ring (bicyclic) bond motifs is 3. The van der Waals surface area contributed by atoms with Crippen LogP contribution in [0.15, 0.2) is 200 Å². The first-order valence-electron chi connectivity index (χ1n) is 18.3. The highest BCUT2D eigenvalue weighted by atomic mass is 15.0. The van der Waals surface area contributed by atoms with Gasteiger partial charge in [0.05, 0.1) is 0 Å². The highest BCUT2D eigenvalue weighted by molar-refractivity contribution is 6.00. The van der Waals surface area contributed by atoms with Crippen molar-refractivity contribution < 1.29 is 0 Å². The first-order valence-corrected chi connectivity index (χ1v) is 18.3. The van der Waals surface area contributed by atoms with E-state index in [4.69, 9.17) is 15.0 Å². The molecule has 0 N–H and O–H groups in total. The molecule has 0 amide bonds. The van der Waals surface area contributed by atoms with Crippen molar-refractivity contribution >= 4 is 32.3 Å². The summed E-state index contributed by atoms with van der Waals surface area (Å²) in [5, 5.41) is 7.19. The molecule has 0 aliphatic carbocycles. The molecule has 0 aliphatic rings. The second-order valence-corrected chi connectivity index (χ2v) is 13.7. The van der Waals surface area contributed by atoms with Crippen molar-refractivity contribution in [3.8, 4) is 67.5 Å². The molecule has 10 aromatic rings. The Hall–Kier alpha value is -7.23. The molecule has 0 radical (unpaired) electrons. The van der Waals surface area contributed by atoms with E-state index in [1.165, 1.54) is 54.7 Å². The van der Waals surface area contributed by atoms with Crippen molar-refractivity contribution in [2.24, 2.45) is 0 Å². The van der Waals surface area contributed by atoms with Crippen molar-refractivity contribution in [2.75, 3.05) is 0 Å². The van der Waals surface area contributed by atoms with E-state index in [-0.39, 0.29) is 0 Å². The van der Waals surface area contributed by atoms with E-state index in [0.29, 0.717) is 17.5 Å². The summed E-state index contributed by atoms with van der Waals surface area (Å²) in [5.41, 5.74) is 9.90. The molecule has 3 nitrogen and oxygen atoms in total.